The van der Waals surface area contributed by atoms with Crippen LogP contribution in [0.25, 0.3) is 0 Å². The summed E-state index contributed by atoms with van der Waals surface area (Å²) < 4.78 is 27.9. The van der Waals surface area contributed by atoms with Gasteiger partial charge in [0.1, 0.15) is 0 Å². The fourth-order valence-electron chi connectivity index (χ4n) is 2.59. The first-order chi connectivity index (χ1) is 8.89. The molecular weight excluding hydrogens is 284 g/mol. The minimum atomic E-state index is -3.30. The molecular formula is C13H27ClN2O2S. The van der Waals surface area contributed by atoms with Gasteiger partial charge in [-0.2, -0.15) is 17.0 Å². The third-order valence-electron chi connectivity index (χ3n) is 4.00. The lowest BCUT2D eigenvalue weighted by Crippen LogP contribution is -2.42. The molecule has 1 saturated heterocycles. The smallest absolute Gasteiger partial charge is 0.195 e. The normalized spacial score (nSPS) is 22.9. The van der Waals surface area contributed by atoms with Gasteiger partial charge in [0.05, 0.1) is 0 Å². The summed E-state index contributed by atoms with van der Waals surface area (Å²) in [5, 5.41) is 0. The van der Waals surface area contributed by atoms with Crippen molar-refractivity contribution in [2.45, 2.75) is 39.5 Å². The predicted molar refractivity (Wildman–Crippen MR) is 80.6 cm³/mol. The van der Waals surface area contributed by atoms with Crippen LogP contribution in [0.5, 0.6) is 0 Å². The molecule has 0 spiro atoms. The molecule has 0 aromatic carbocycles. The van der Waals surface area contributed by atoms with Crippen molar-refractivity contribution in [3.63, 3.8) is 0 Å². The number of alkyl halides is 1. The van der Waals surface area contributed by atoms with Gasteiger partial charge >= 0.3 is 0 Å². The summed E-state index contributed by atoms with van der Waals surface area (Å²) in [6.07, 6.45) is 3.76. The molecule has 1 fully saturated rings. The SMILES string of the molecule is CC(C)C1CCCN(S(=O)(=O)N(C)CCCCl)CC1. The Morgan fingerprint density at radius 2 is 2.00 bits per heavy atom. The van der Waals surface area contributed by atoms with Gasteiger partial charge in [-0.25, -0.2) is 0 Å². The van der Waals surface area contributed by atoms with Gasteiger partial charge in [-0.3, -0.25) is 0 Å². The summed E-state index contributed by atoms with van der Waals surface area (Å²) in [5.74, 6) is 1.78. The number of halogens is 1. The molecule has 1 rings (SSSR count). The molecule has 0 N–H and O–H groups in total. The Bertz CT molecular complexity index is 360. The summed E-state index contributed by atoms with van der Waals surface area (Å²) in [5.41, 5.74) is 0. The van der Waals surface area contributed by atoms with Gasteiger partial charge in [0.2, 0.25) is 0 Å². The van der Waals surface area contributed by atoms with Crippen LogP contribution in [0, 0.1) is 11.8 Å². The zero-order valence-electron chi connectivity index (χ0n) is 12.3. The van der Waals surface area contributed by atoms with Gasteiger partial charge in [0.25, 0.3) is 10.2 Å². The minimum absolute atomic E-state index is 0.495. The summed E-state index contributed by atoms with van der Waals surface area (Å²) in [6.45, 7) is 6.24. The van der Waals surface area contributed by atoms with Crippen molar-refractivity contribution < 1.29 is 8.42 Å². The fraction of sp³-hybridized carbons (Fsp3) is 1.00. The van der Waals surface area contributed by atoms with Crippen molar-refractivity contribution >= 4 is 21.8 Å². The first-order valence-corrected chi connectivity index (χ1v) is 9.10. The monoisotopic (exact) mass is 310 g/mol. The second-order valence-corrected chi connectivity index (χ2v) is 8.12. The highest BCUT2D eigenvalue weighted by Crippen LogP contribution is 2.26. The highest BCUT2D eigenvalue weighted by molar-refractivity contribution is 7.86. The third-order valence-corrected chi connectivity index (χ3v) is 6.26. The Morgan fingerprint density at radius 3 is 2.58 bits per heavy atom. The van der Waals surface area contributed by atoms with Crippen LogP contribution in [-0.2, 0) is 10.2 Å². The highest BCUT2D eigenvalue weighted by atomic mass is 35.5. The van der Waals surface area contributed by atoms with Crippen LogP contribution in [0.4, 0.5) is 0 Å². The molecule has 0 aromatic rings. The molecule has 0 aliphatic carbocycles. The molecule has 19 heavy (non-hydrogen) atoms. The van der Waals surface area contributed by atoms with E-state index in [1.165, 1.54) is 4.31 Å². The second-order valence-electron chi connectivity index (χ2n) is 5.71. The van der Waals surface area contributed by atoms with Gasteiger partial charge in [0.15, 0.2) is 0 Å². The Morgan fingerprint density at radius 1 is 1.32 bits per heavy atom. The van der Waals surface area contributed by atoms with Crippen molar-refractivity contribution in [3.05, 3.63) is 0 Å². The van der Waals surface area contributed by atoms with Crippen LogP contribution < -0.4 is 0 Å². The molecule has 0 bridgehead atoms. The highest BCUT2D eigenvalue weighted by Gasteiger charge is 2.29. The Balaban J connectivity index is 2.63. The van der Waals surface area contributed by atoms with E-state index in [-0.39, 0.29) is 0 Å². The van der Waals surface area contributed by atoms with E-state index in [1.807, 2.05) is 0 Å². The van der Waals surface area contributed by atoms with Crippen molar-refractivity contribution in [1.29, 1.82) is 0 Å². The molecule has 1 heterocycles. The number of hydrogen-bond donors (Lipinski definition) is 0. The van der Waals surface area contributed by atoms with Gasteiger partial charge in [-0.1, -0.05) is 13.8 Å². The fourth-order valence-corrected chi connectivity index (χ4v) is 4.16. The standard InChI is InChI=1S/C13H27ClN2O2S/c1-12(2)13-6-4-10-16(11-7-13)19(17,18)15(3)9-5-8-14/h12-13H,4-11H2,1-3H3. The molecule has 114 valence electrons. The topological polar surface area (TPSA) is 40.6 Å². The zero-order valence-corrected chi connectivity index (χ0v) is 13.9. The van der Waals surface area contributed by atoms with E-state index < -0.39 is 10.2 Å². The first kappa shape index (κ1) is 17.2. The van der Waals surface area contributed by atoms with E-state index in [9.17, 15) is 8.42 Å². The van der Waals surface area contributed by atoms with Crippen LogP contribution in [0.15, 0.2) is 0 Å². The summed E-state index contributed by atoms with van der Waals surface area (Å²) in [7, 11) is -1.65. The molecule has 1 aliphatic rings. The van der Waals surface area contributed by atoms with Crippen molar-refractivity contribution in [1.82, 2.24) is 8.61 Å². The van der Waals surface area contributed by atoms with Crippen LogP contribution in [0.2, 0.25) is 0 Å². The Labute approximate surface area is 123 Å². The molecule has 1 aliphatic heterocycles. The van der Waals surface area contributed by atoms with Gasteiger partial charge in [0, 0.05) is 32.6 Å². The maximum atomic E-state index is 12.4. The van der Waals surface area contributed by atoms with Crippen LogP contribution >= 0.6 is 11.6 Å². The van der Waals surface area contributed by atoms with Crippen molar-refractivity contribution in [3.8, 4) is 0 Å². The van der Waals surface area contributed by atoms with Gasteiger partial charge in [-0.05, 0) is 37.5 Å². The number of nitrogens with zero attached hydrogens (tertiary/aromatic N) is 2. The van der Waals surface area contributed by atoms with E-state index in [2.05, 4.69) is 13.8 Å². The van der Waals surface area contributed by atoms with Gasteiger partial charge in [-0.15, -0.1) is 11.6 Å². The first-order valence-electron chi connectivity index (χ1n) is 7.17. The predicted octanol–water partition coefficient (Wildman–Crippen LogP) is 2.55. The Kier molecular flexibility index (Phi) is 7.08. The summed E-state index contributed by atoms with van der Waals surface area (Å²) in [4.78, 5) is 0. The third kappa shape index (κ3) is 4.88. The Hall–Kier alpha value is 0.160. The molecule has 0 saturated carbocycles. The lowest BCUT2D eigenvalue weighted by atomic mass is 9.89. The summed E-state index contributed by atoms with van der Waals surface area (Å²) >= 11 is 5.63. The average Bonchev–Trinajstić information content (AvgIpc) is 2.61. The zero-order chi connectivity index (χ0) is 14.5. The van der Waals surface area contributed by atoms with E-state index >= 15 is 0 Å². The van der Waals surface area contributed by atoms with Gasteiger partial charge < -0.3 is 0 Å². The number of hydrogen-bond acceptors (Lipinski definition) is 2. The quantitative estimate of drug-likeness (QED) is 0.707. The molecule has 6 heteroatoms. The number of rotatable bonds is 6. The molecule has 4 nitrogen and oxygen atoms in total. The lowest BCUT2D eigenvalue weighted by molar-refractivity contribution is 0.332. The summed E-state index contributed by atoms with van der Waals surface area (Å²) in [6, 6.07) is 0. The molecule has 1 atom stereocenters. The molecule has 1 unspecified atom stereocenters. The minimum Gasteiger partial charge on any atom is -0.195 e. The van der Waals surface area contributed by atoms with Crippen LogP contribution in [-0.4, -0.2) is 49.6 Å². The second kappa shape index (κ2) is 7.81. The molecule has 0 aromatic heterocycles. The maximum Gasteiger partial charge on any atom is 0.281 e. The van der Waals surface area contributed by atoms with Crippen LogP contribution in [0.1, 0.15) is 39.5 Å². The van der Waals surface area contributed by atoms with E-state index in [0.29, 0.717) is 43.8 Å². The van der Waals surface area contributed by atoms with E-state index in [1.54, 1.807) is 11.4 Å². The lowest BCUT2D eigenvalue weighted by Gasteiger charge is -2.26. The average molecular weight is 311 g/mol. The molecule has 0 radical (unpaired) electrons. The van der Waals surface area contributed by atoms with Crippen molar-refractivity contribution in [2.75, 3.05) is 32.6 Å². The van der Waals surface area contributed by atoms with Crippen molar-refractivity contribution in [2.24, 2.45) is 11.8 Å². The largest absolute Gasteiger partial charge is 0.281 e. The van der Waals surface area contributed by atoms with E-state index in [4.69, 9.17) is 11.6 Å². The molecule has 0 amide bonds. The van der Waals surface area contributed by atoms with E-state index in [0.717, 1.165) is 19.3 Å². The maximum absolute atomic E-state index is 12.4. The van der Waals surface area contributed by atoms with Crippen LogP contribution in [0.3, 0.4) is 0 Å².